The third kappa shape index (κ3) is 2.25. The highest BCUT2D eigenvalue weighted by Crippen LogP contribution is 2.36. The Balaban J connectivity index is 1.90. The summed E-state index contributed by atoms with van der Waals surface area (Å²) in [5, 5.41) is 4.78. The summed E-state index contributed by atoms with van der Waals surface area (Å²) in [4.78, 5) is 4.52. The Kier molecular flexibility index (Phi) is 3.05. The van der Waals surface area contributed by atoms with Gasteiger partial charge in [-0.15, -0.1) is 0 Å². The van der Waals surface area contributed by atoms with Crippen molar-refractivity contribution < 1.29 is 0 Å². The molecule has 2 aliphatic rings. The van der Waals surface area contributed by atoms with E-state index >= 15 is 0 Å². The lowest BCUT2D eigenvalue weighted by molar-refractivity contribution is 0.180. The van der Waals surface area contributed by atoms with Crippen LogP contribution in [0, 0.1) is 5.92 Å². The predicted octanol–water partition coefficient (Wildman–Crippen LogP) is 2.65. The molecular weight excluding hydrogens is 192 g/mol. The lowest BCUT2D eigenvalue weighted by Gasteiger charge is -2.41. The average Bonchev–Trinajstić information content (AvgIpc) is 2.00. The van der Waals surface area contributed by atoms with Crippen molar-refractivity contribution in [2.45, 2.75) is 45.1 Å². The van der Waals surface area contributed by atoms with Gasteiger partial charge < -0.3 is 5.32 Å². The summed E-state index contributed by atoms with van der Waals surface area (Å²) in [6, 6.07) is 0. The summed E-state index contributed by atoms with van der Waals surface area (Å²) in [6.07, 6.45) is 5.42. The SMILES string of the molecule is CC(C)(NC1=NCCCS1)C1CCC1. The normalized spacial score (nSPS) is 24.0. The van der Waals surface area contributed by atoms with Gasteiger partial charge in [0.05, 0.1) is 0 Å². The molecule has 0 aromatic rings. The van der Waals surface area contributed by atoms with Crippen molar-refractivity contribution in [1.82, 2.24) is 5.32 Å². The fraction of sp³-hybridized carbons (Fsp3) is 0.909. The van der Waals surface area contributed by atoms with Gasteiger partial charge in [0.2, 0.25) is 0 Å². The molecule has 1 saturated carbocycles. The summed E-state index contributed by atoms with van der Waals surface area (Å²) in [5.41, 5.74) is 0.251. The standard InChI is InChI=1S/C11H20N2S/c1-11(2,9-5-3-6-9)13-10-12-7-4-8-14-10/h9H,3-8H2,1-2H3,(H,12,13). The highest BCUT2D eigenvalue weighted by atomic mass is 32.2. The minimum absolute atomic E-state index is 0.251. The highest BCUT2D eigenvalue weighted by molar-refractivity contribution is 8.13. The van der Waals surface area contributed by atoms with Gasteiger partial charge in [-0.05, 0) is 39.0 Å². The Hall–Kier alpha value is -0.180. The monoisotopic (exact) mass is 212 g/mol. The maximum absolute atomic E-state index is 4.52. The topological polar surface area (TPSA) is 24.4 Å². The maximum Gasteiger partial charge on any atom is 0.156 e. The van der Waals surface area contributed by atoms with Crippen LogP contribution < -0.4 is 5.32 Å². The molecule has 0 amide bonds. The number of aliphatic imine (C=N–C) groups is 1. The molecule has 1 aliphatic heterocycles. The molecule has 1 N–H and O–H groups in total. The molecule has 1 heterocycles. The van der Waals surface area contributed by atoms with Crippen LogP contribution in [0.15, 0.2) is 4.99 Å². The molecule has 1 aliphatic carbocycles. The first-order valence-corrected chi connectivity index (χ1v) is 6.62. The van der Waals surface area contributed by atoms with Gasteiger partial charge in [0.25, 0.3) is 0 Å². The second-order valence-electron chi connectivity index (χ2n) is 4.86. The van der Waals surface area contributed by atoms with Gasteiger partial charge in [0.1, 0.15) is 0 Å². The molecule has 14 heavy (non-hydrogen) atoms. The first kappa shape index (κ1) is 10.3. The van der Waals surface area contributed by atoms with E-state index in [4.69, 9.17) is 0 Å². The third-order valence-corrected chi connectivity index (χ3v) is 4.35. The zero-order chi connectivity index (χ0) is 10.0. The van der Waals surface area contributed by atoms with Crippen LogP contribution in [0.2, 0.25) is 0 Å². The van der Waals surface area contributed by atoms with Crippen LogP contribution in [0.25, 0.3) is 0 Å². The van der Waals surface area contributed by atoms with E-state index in [1.807, 2.05) is 11.8 Å². The molecule has 3 heteroatoms. The predicted molar refractivity (Wildman–Crippen MR) is 63.9 cm³/mol. The molecule has 2 rings (SSSR count). The summed E-state index contributed by atoms with van der Waals surface area (Å²) in [6.45, 7) is 5.64. The molecule has 0 aromatic carbocycles. The van der Waals surface area contributed by atoms with Gasteiger partial charge in [-0.1, -0.05) is 18.2 Å². The number of rotatable bonds is 2. The van der Waals surface area contributed by atoms with Crippen molar-refractivity contribution in [2.75, 3.05) is 12.3 Å². The Bertz CT molecular complexity index is 231. The number of hydrogen-bond donors (Lipinski definition) is 1. The van der Waals surface area contributed by atoms with Gasteiger partial charge in [-0.3, -0.25) is 4.99 Å². The van der Waals surface area contributed by atoms with Crippen molar-refractivity contribution in [2.24, 2.45) is 10.9 Å². The molecule has 0 unspecified atom stereocenters. The van der Waals surface area contributed by atoms with E-state index in [0.717, 1.165) is 12.5 Å². The Labute approximate surface area is 90.9 Å². The van der Waals surface area contributed by atoms with E-state index in [-0.39, 0.29) is 5.54 Å². The third-order valence-electron chi connectivity index (χ3n) is 3.35. The van der Waals surface area contributed by atoms with E-state index in [2.05, 4.69) is 24.2 Å². The molecule has 0 bridgehead atoms. The largest absolute Gasteiger partial charge is 0.360 e. The molecular formula is C11H20N2S. The Morgan fingerprint density at radius 1 is 1.36 bits per heavy atom. The van der Waals surface area contributed by atoms with Crippen LogP contribution in [0.3, 0.4) is 0 Å². The molecule has 0 atom stereocenters. The van der Waals surface area contributed by atoms with Crippen molar-refractivity contribution in [3.8, 4) is 0 Å². The van der Waals surface area contributed by atoms with Gasteiger partial charge in [0, 0.05) is 17.8 Å². The smallest absolute Gasteiger partial charge is 0.156 e. The molecule has 1 fully saturated rings. The lowest BCUT2D eigenvalue weighted by atomic mass is 9.73. The number of hydrogen-bond acceptors (Lipinski definition) is 3. The van der Waals surface area contributed by atoms with E-state index in [0.29, 0.717) is 0 Å². The minimum Gasteiger partial charge on any atom is -0.360 e. The molecule has 0 radical (unpaired) electrons. The molecule has 0 aromatic heterocycles. The Morgan fingerprint density at radius 3 is 2.64 bits per heavy atom. The van der Waals surface area contributed by atoms with Crippen LogP contribution in [0.4, 0.5) is 0 Å². The van der Waals surface area contributed by atoms with Gasteiger partial charge in [0.15, 0.2) is 5.17 Å². The number of nitrogens with zero attached hydrogens (tertiary/aromatic N) is 1. The van der Waals surface area contributed by atoms with Crippen LogP contribution >= 0.6 is 11.8 Å². The van der Waals surface area contributed by atoms with Gasteiger partial charge >= 0.3 is 0 Å². The summed E-state index contributed by atoms with van der Waals surface area (Å²) < 4.78 is 0. The zero-order valence-corrected chi connectivity index (χ0v) is 9.99. The first-order valence-electron chi connectivity index (χ1n) is 5.64. The van der Waals surface area contributed by atoms with Crippen molar-refractivity contribution in [3.05, 3.63) is 0 Å². The molecule has 0 saturated heterocycles. The van der Waals surface area contributed by atoms with Crippen LogP contribution in [0.1, 0.15) is 39.5 Å². The molecule has 80 valence electrons. The van der Waals surface area contributed by atoms with E-state index in [9.17, 15) is 0 Å². The second-order valence-corrected chi connectivity index (χ2v) is 5.95. The maximum atomic E-state index is 4.52. The van der Waals surface area contributed by atoms with Gasteiger partial charge in [-0.25, -0.2) is 0 Å². The van der Waals surface area contributed by atoms with Crippen LogP contribution in [0.5, 0.6) is 0 Å². The Morgan fingerprint density at radius 2 is 2.14 bits per heavy atom. The highest BCUT2D eigenvalue weighted by Gasteiger charge is 2.34. The van der Waals surface area contributed by atoms with E-state index in [1.165, 1.54) is 36.6 Å². The van der Waals surface area contributed by atoms with Crippen molar-refractivity contribution >= 4 is 16.9 Å². The second kappa shape index (κ2) is 4.13. The summed E-state index contributed by atoms with van der Waals surface area (Å²) >= 11 is 1.88. The van der Waals surface area contributed by atoms with Gasteiger partial charge in [-0.2, -0.15) is 0 Å². The zero-order valence-electron chi connectivity index (χ0n) is 9.18. The van der Waals surface area contributed by atoms with E-state index < -0.39 is 0 Å². The lowest BCUT2D eigenvalue weighted by Crippen LogP contribution is -2.50. The summed E-state index contributed by atoms with van der Waals surface area (Å²) in [7, 11) is 0. The summed E-state index contributed by atoms with van der Waals surface area (Å²) in [5.74, 6) is 2.08. The fourth-order valence-corrected chi connectivity index (χ4v) is 3.03. The van der Waals surface area contributed by atoms with Crippen LogP contribution in [-0.2, 0) is 0 Å². The minimum atomic E-state index is 0.251. The van der Waals surface area contributed by atoms with E-state index in [1.54, 1.807) is 0 Å². The average molecular weight is 212 g/mol. The fourth-order valence-electron chi connectivity index (χ4n) is 2.04. The molecule has 2 nitrogen and oxygen atoms in total. The van der Waals surface area contributed by atoms with Crippen molar-refractivity contribution in [1.29, 1.82) is 0 Å². The number of thioether (sulfide) groups is 1. The van der Waals surface area contributed by atoms with Crippen LogP contribution in [-0.4, -0.2) is 23.0 Å². The quantitative estimate of drug-likeness (QED) is 0.761. The number of amidine groups is 1. The first-order chi connectivity index (χ1) is 6.68. The molecule has 0 spiro atoms. The van der Waals surface area contributed by atoms with Crippen molar-refractivity contribution in [3.63, 3.8) is 0 Å². The number of nitrogens with one attached hydrogen (secondary N) is 1.